The molecule has 0 saturated carbocycles. The first-order valence-electron chi connectivity index (χ1n) is 5.91. The number of ether oxygens (including phenoxy) is 2. The van der Waals surface area contributed by atoms with E-state index in [1.54, 1.807) is 14.2 Å². The molecule has 1 unspecified atom stereocenters. The number of thiocarbonyl (C=S) groups is 1. The summed E-state index contributed by atoms with van der Waals surface area (Å²) in [6.07, 6.45) is 1.29. The fraction of sp³-hybridized carbons (Fsp3) is 0.462. The van der Waals surface area contributed by atoms with Gasteiger partial charge in [0.1, 0.15) is 10.7 Å². The van der Waals surface area contributed by atoms with Crippen LogP contribution >= 0.6 is 12.2 Å². The number of methoxy groups -OCH3 is 2. The van der Waals surface area contributed by atoms with Crippen molar-refractivity contribution in [3.05, 3.63) is 23.8 Å². The predicted molar refractivity (Wildman–Crippen MR) is 76.5 cm³/mol. The second kappa shape index (κ2) is 5.54. The van der Waals surface area contributed by atoms with Gasteiger partial charge >= 0.3 is 0 Å². The van der Waals surface area contributed by atoms with Crippen LogP contribution in [0.3, 0.4) is 0 Å². The van der Waals surface area contributed by atoms with E-state index in [2.05, 4.69) is 4.90 Å². The third-order valence-electron chi connectivity index (χ3n) is 3.29. The Hall–Kier alpha value is -1.33. The highest BCUT2D eigenvalue weighted by atomic mass is 32.1. The Morgan fingerprint density at radius 1 is 1.44 bits per heavy atom. The summed E-state index contributed by atoms with van der Waals surface area (Å²) in [5, 5.41) is 0. The van der Waals surface area contributed by atoms with E-state index in [0.717, 1.165) is 36.5 Å². The molecule has 0 amide bonds. The van der Waals surface area contributed by atoms with E-state index in [1.165, 1.54) is 0 Å². The largest absolute Gasteiger partial charge is 0.497 e. The summed E-state index contributed by atoms with van der Waals surface area (Å²) in [5.74, 6) is 0.811. The molecule has 0 bridgehead atoms. The maximum Gasteiger partial charge on any atom is 0.120 e. The van der Waals surface area contributed by atoms with Crippen LogP contribution in [-0.2, 0) is 4.74 Å². The van der Waals surface area contributed by atoms with Gasteiger partial charge in [-0.2, -0.15) is 0 Å². The summed E-state index contributed by atoms with van der Waals surface area (Å²) in [6.45, 7) is 1.81. The molecular weight excluding hydrogens is 248 g/mol. The summed E-state index contributed by atoms with van der Waals surface area (Å²) < 4.78 is 10.6. The van der Waals surface area contributed by atoms with Crippen LogP contribution < -0.4 is 15.4 Å². The Bertz CT molecular complexity index is 451. The van der Waals surface area contributed by atoms with Crippen LogP contribution in [0.15, 0.2) is 18.2 Å². The Morgan fingerprint density at radius 3 is 2.78 bits per heavy atom. The third-order valence-corrected chi connectivity index (χ3v) is 3.51. The average molecular weight is 266 g/mol. The summed E-state index contributed by atoms with van der Waals surface area (Å²) >= 11 is 5.10. The molecule has 1 saturated heterocycles. The van der Waals surface area contributed by atoms with Gasteiger partial charge in [-0.3, -0.25) is 0 Å². The fourth-order valence-corrected chi connectivity index (χ4v) is 2.42. The zero-order chi connectivity index (χ0) is 13.1. The number of rotatable bonds is 4. The molecule has 2 N–H and O–H groups in total. The molecule has 2 rings (SSSR count). The average Bonchev–Trinajstić information content (AvgIpc) is 2.86. The monoisotopic (exact) mass is 266 g/mol. The molecule has 1 fully saturated rings. The van der Waals surface area contributed by atoms with Gasteiger partial charge in [-0.05, 0) is 18.6 Å². The third kappa shape index (κ3) is 2.57. The zero-order valence-corrected chi connectivity index (χ0v) is 11.5. The number of hydrogen-bond acceptors (Lipinski definition) is 4. The van der Waals surface area contributed by atoms with Gasteiger partial charge in [0.2, 0.25) is 0 Å². The fourth-order valence-electron chi connectivity index (χ4n) is 2.25. The van der Waals surface area contributed by atoms with Crippen molar-refractivity contribution in [1.29, 1.82) is 0 Å². The van der Waals surface area contributed by atoms with Crippen LogP contribution in [0.4, 0.5) is 5.69 Å². The van der Waals surface area contributed by atoms with Crippen molar-refractivity contribution in [3.8, 4) is 5.75 Å². The van der Waals surface area contributed by atoms with Crippen LogP contribution in [0.25, 0.3) is 0 Å². The van der Waals surface area contributed by atoms with Crippen molar-refractivity contribution in [2.45, 2.75) is 12.5 Å². The molecule has 0 aliphatic carbocycles. The minimum Gasteiger partial charge on any atom is -0.497 e. The van der Waals surface area contributed by atoms with Crippen molar-refractivity contribution in [1.82, 2.24) is 0 Å². The lowest BCUT2D eigenvalue weighted by Crippen LogP contribution is -2.25. The van der Waals surface area contributed by atoms with Gasteiger partial charge in [-0.15, -0.1) is 0 Å². The predicted octanol–water partition coefficient (Wildman–Crippen LogP) is 1.55. The van der Waals surface area contributed by atoms with Crippen LogP contribution in [0.1, 0.15) is 12.0 Å². The van der Waals surface area contributed by atoms with Gasteiger partial charge in [-0.1, -0.05) is 12.2 Å². The lowest BCUT2D eigenvalue weighted by Gasteiger charge is -2.22. The summed E-state index contributed by atoms with van der Waals surface area (Å²) in [5.41, 5.74) is 7.69. The quantitative estimate of drug-likeness (QED) is 0.838. The van der Waals surface area contributed by atoms with Crippen LogP contribution in [0, 0.1) is 0 Å². The molecule has 98 valence electrons. The molecule has 0 spiro atoms. The molecule has 0 radical (unpaired) electrons. The summed E-state index contributed by atoms with van der Waals surface area (Å²) in [6, 6.07) is 5.77. The minimum atomic E-state index is 0.274. The van der Waals surface area contributed by atoms with Crippen LogP contribution in [0.5, 0.6) is 5.75 Å². The molecular formula is C13H18N2O2S. The Balaban J connectivity index is 2.32. The lowest BCUT2D eigenvalue weighted by molar-refractivity contribution is 0.121. The minimum absolute atomic E-state index is 0.274. The standard InChI is InChI=1S/C13H18N2O2S/c1-16-9-3-4-11(13(14)18)12(7-9)15-6-5-10(8-15)17-2/h3-4,7,10H,5-6,8H2,1-2H3,(H2,14,18). The van der Waals surface area contributed by atoms with E-state index in [9.17, 15) is 0 Å². The molecule has 1 aliphatic rings. The smallest absolute Gasteiger partial charge is 0.120 e. The first-order chi connectivity index (χ1) is 8.65. The highest BCUT2D eigenvalue weighted by Gasteiger charge is 2.24. The maximum absolute atomic E-state index is 5.77. The van der Waals surface area contributed by atoms with E-state index in [0.29, 0.717) is 4.99 Å². The molecule has 1 aromatic rings. The van der Waals surface area contributed by atoms with Crippen LogP contribution in [-0.4, -0.2) is 38.4 Å². The van der Waals surface area contributed by atoms with Crippen molar-refractivity contribution in [2.24, 2.45) is 5.73 Å². The van der Waals surface area contributed by atoms with Gasteiger partial charge in [-0.25, -0.2) is 0 Å². The molecule has 1 atom stereocenters. The molecule has 1 aromatic carbocycles. The number of anilines is 1. The Labute approximate surface area is 113 Å². The summed E-state index contributed by atoms with van der Waals surface area (Å²) in [4.78, 5) is 2.65. The van der Waals surface area contributed by atoms with Crippen molar-refractivity contribution < 1.29 is 9.47 Å². The van der Waals surface area contributed by atoms with Crippen LogP contribution in [0.2, 0.25) is 0 Å². The molecule has 1 heterocycles. The molecule has 1 aliphatic heterocycles. The molecule has 4 nitrogen and oxygen atoms in total. The SMILES string of the molecule is COc1ccc(C(N)=S)c(N2CCC(OC)C2)c1. The van der Waals surface area contributed by atoms with E-state index in [4.69, 9.17) is 27.4 Å². The Morgan fingerprint density at radius 2 is 2.22 bits per heavy atom. The van der Waals surface area contributed by atoms with Gasteiger partial charge in [0, 0.05) is 31.8 Å². The molecule has 18 heavy (non-hydrogen) atoms. The Kier molecular flexibility index (Phi) is 4.04. The molecule has 0 aromatic heterocycles. The first kappa shape index (κ1) is 13.1. The van der Waals surface area contributed by atoms with E-state index in [-0.39, 0.29) is 6.10 Å². The van der Waals surface area contributed by atoms with E-state index >= 15 is 0 Å². The van der Waals surface area contributed by atoms with E-state index < -0.39 is 0 Å². The van der Waals surface area contributed by atoms with Gasteiger partial charge in [0.15, 0.2) is 0 Å². The van der Waals surface area contributed by atoms with Gasteiger partial charge in [0.25, 0.3) is 0 Å². The van der Waals surface area contributed by atoms with Gasteiger partial charge < -0.3 is 20.1 Å². The summed E-state index contributed by atoms with van der Waals surface area (Å²) in [7, 11) is 3.40. The number of nitrogens with zero attached hydrogens (tertiary/aromatic N) is 1. The van der Waals surface area contributed by atoms with Gasteiger partial charge in [0.05, 0.1) is 18.9 Å². The van der Waals surface area contributed by atoms with Crippen molar-refractivity contribution >= 4 is 22.9 Å². The lowest BCUT2D eigenvalue weighted by atomic mass is 10.1. The van der Waals surface area contributed by atoms with E-state index in [1.807, 2.05) is 18.2 Å². The highest BCUT2D eigenvalue weighted by molar-refractivity contribution is 7.80. The zero-order valence-electron chi connectivity index (χ0n) is 10.7. The number of nitrogens with two attached hydrogens (primary N) is 1. The number of benzene rings is 1. The second-order valence-electron chi connectivity index (χ2n) is 4.34. The van der Waals surface area contributed by atoms with Crippen molar-refractivity contribution in [3.63, 3.8) is 0 Å². The number of hydrogen-bond donors (Lipinski definition) is 1. The topological polar surface area (TPSA) is 47.7 Å². The first-order valence-corrected chi connectivity index (χ1v) is 6.32. The van der Waals surface area contributed by atoms with Crippen molar-refractivity contribution in [2.75, 3.05) is 32.2 Å². The highest BCUT2D eigenvalue weighted by Crippen LogP contribution is 2.29. The normalized spacial score (nSPS) is 19.0. The molecule has 5 heteroatoms. The maximum atomic E-state index is 5.77. The second-order valence-corrected chi connectivity index (χ2v) is 4.78.